The molecule has 0 unspecified atom stereocenters. The van der Waals surface area contributed by atoms with Crippen LogP contribution in [0.4, 0.5) is 5.69 Å². The number of hydrogen-bond donors (Lipinski definition) is 1. The first-order valence-corrected chi connectivity index (χ1v) is 5.97. The van der Waals surface area contributed by atoms with Gasteiger partial charge in [0.1, 0.15) is 5.56 Å². The summed E-state index contributed by atoms with van der Waals surface area (Å²) in [6.45, 7) is 3.10. The number of halogens is 1. The standard InChI is InChI=1S/C11H11ClN4O3/c1-2-13-6-9-14-15-11(19-9)10-7(12)4-3-5-8(10)16(17)18/h3-5,13H,2,6H2,1H3. The van der Waals surface area contributed by atoms with E-state index in [1.807, 2.05) is 6.92 Å². The summed E-state index contributed by atoms with van der Waals surface area (Å²) in [6.07, 6.45) is 0. The molecule has 2 rings (SSSR count). The molecule has 0 fully saturated rings. The van der Waals surface area contributed by atoms with Crippen LogP contribution in [-0.4, -0.2) is 21.7 Å². The third-order valence-corrected chi connectivity index (χ3v) is 2.71. The molecule has 0 aliphatic heterocycles. The van der Waals surface area contributed by atoms with Gasteiger partial charge < -0.3 is 9.73 Å². The van der Waals surface area contributed by atoms with E-state index < -0.39 is 4.92 Å². The Labute approximate surface area is 113 Å². The van der Waals surface area contributed by atoms with Gasteiger partial charge in [0, 0.05) is 6.07 Å². The minimum absolute atomic E-state index is 0.0465. The molecule has 0 aliphatic rings. The van der Waals surface area contributed by atoms with Gasteiger partial charge in [-0.2, -0.15) is 0 Å². The van der Waals surface area contributed by atoms with Gasteiger partial charge in [-0.1, -0.05) is 24.6 Å². The first-order valence-electron chi connectivity index (χ1n) is 5.59. The topological polar surface area (TPSA) is 94.1 Å². The van der Waals surface area contributed by atoms with Crippen molar-refractivity contribution in [3.05, 3.63) is 39.2 Å². The number of nitro benzene ring substituents is 1. The molecule has 0 saturated heterocycles. The molecule has 0 saturated carbocycles. The first-order chi connectivity index (χ1) is 9.13. The molecule has 2 aromatic rings. The van der Waals surface area contributed by atoms with Crippen LogP contribution in [0, 0.1) is 10.1 Å². The largest absolute Gasteiger partial charge is 0.419 e. The van der Waals surface area contributed by atoms with E-state index in [0.29, 0.717) is 12.4 Å². The Hall–Kier alpha value is -1.99. The summed E-state index contributed by atoms with van der Waals surface area (Å²) in [5, 5.41) is 21.8. The van der Waals surface area contributed by atoms with Crippen molar-refractivity contribution in [2.24, 2.45) is 0 Å². The minimum atomic E-state index is -0.532. The van der Waals surface area contributed by atoms with Gasteiger partial charge in [0.2, 0.25) is 5.89 Å². The lowest BCUT2D eigenvalue weighted by Crippen LogP contribution is -2.11. The molecule has 1 aromatic heterocycles. The van der Waals surface area contributed by atoms with Crippen LogP contribution in [0.25, 0.3) is 11.5 Å². The molecule has 1 heterocycles. The van der Waals surface area contributed by atoms with Crippen LogP contribution in [0.5, 0.6) is 0 Å². The maximum absolute atomic E-state index is 11.0. The fourth-order valence-electron chi connectivity index (χ4n) is 1.53. The highest BCUT2D eigenvalue weighted by atomic mass is 35.5. The van der Waals surface area contributed by atoms with Gasteiger partial charge in [-0.3, -0.25) is 10.1 Å². The van der Waals surface area contributed by atoms with Crippen LogP contribution >= 0.6 is 11.6 Å². The van der Waals surface area contributed by atoms with E-state index >= 15 is 0 Å². The highest BCUT2D eigenvalue weighted by Gasteiger charge is 2.23. The second-order valence-electron chi connectivity index (χ2n) is 3.67. The zero-order valence-corrected chi connectivity index (χ0v) is 10.8. The molecule has 0 aliphatic carbocycles. The van der Waals surface area contributed by atoms with Gasteiger partial charge in [-0.15, -0.1) is 10.2 Å². The lowest BCUT2D eigenvalue weighted by atomic mass is 10.2. The lowest BCUT2D eigenvalue weighted by Gasteiger charge is -2.00. The van der Waals surface area contributed by atoms with E-state index in [4.69, 9.17) is 16.0 Å². The molecule has 19 heavy (non-hydrogen) atoms. The van der Waals surface area contributed by atoms with Crippen LogP contribution < -0.4 is 5.32 Å². The van der Waals surface area contributed by atoms with Gasteiger partial charge in [0.25, 0.3) is 11.6 Å². The molecular weight excluding hydrogens is 272 g/mol. The smallest absolute Gasteiger partial charge is 0.283 e. The molecule has 1 aromatic carbocycles. The van der Waals surface area contributed by atoms with Crippen molar-refractivity contribution in [3.8, 4) is 11.5 Å². The van der Waals surface area contributed by atoms with E-state index in [0.717, 1.165) is 6.54 Å². The SMILES string of the molecule is CCNCc1nnc(-c2c(Cl)cccc2[N+](=O)[O-])o1. The number of hydrogen-bond acceptors (Lipinski definition) is 6. The third kappa shape index (κ3) is 2.88. The van der Waals surface area contributed by atoms with Crippen molar-refractivity contribution in [2.75, 3.05) is 6.54 Å². The van der Waals surface area contributed by atoms with E-state index in [2.05, 4.69) is 15.5 Å². The Morgan fingerprint density at radius 2 is 2.26 bits per heavy atom. The molecule has 8 heteroatoms. The summed E-state index contributed by atoms with van der Waals surface area (Å²) < 4.78 is 5.37. The van der Waals surface area contributed by atoms with Crippen molar-refractivity contribution in [1.29, 1.82) is 0 Å². The van der Waals surface area contributed by atoms with Gasteiger partial charge in [0.05, 0.1) is 16.5 Å². The summed E-state index contributed by atoms with van der Waals surface area (Å²) in [5.41, 5.74) is -0.0180. The van der Waals surface area contributed by atoms with Crippen molar-refractivity contribution in [2.45, 2.75) is 13.5 Å². The summed E-state index contributed by atoms with van der Waals surface area (Å²) in [5.74, 6) is 0.399. The Bertz CT molecular complexity index is 599. The Morgan fingerprint density at radius 3 is 2.95 bits per heavy atom. The van der Waals surface area contributed by atoms with E-state index in [-0.39, 0.29) is 22.2 Å². The maximum Gasteiger partial charge on any atom is 0.283 e. The molecule has 100 valence electrons. The Balaban J connectivity index is 2.41. The molecule has 0 amide bonds. The average molecular weight is 283 g/mol. The van der Waals surface area contributed by atoms with Crippen LogP contribution in [0.15, 0.2) is 22.6 Å². The van der Waals surface area contributed by atoms with Crippen molar-refractivity contribution in [1.82, 2.24) is 15.5 Å². The van der Waals surface area contributed by atoms with E-state index in [1.54, 1.807) is 0 Å². The molecule has 7 nitrogen and oxygen atoms in total. The quantitative estimate of drug-likeness (QED) is 0.668. The highest BCUT2D eigenvalue weighted by Crippen LogP contribution is 2.35. The number of benzene rings is 1. The first kappa shape index (κ1) is 13.4. The van der Waals surface area contributed by atoms with E-state index in [1.165, 1.54) is 18.2 Å². The maximum atomic E-state index is 11.0. The number of nitro groups is 1. The molecule has 0 radical (unpaired) electrons. The predicted molar refractivity (Wildman–Crippen MR) is 68.8 cm³/mol. The number of nitrogens with zero attached hydrogens (tertiary/aromatic N) is 3. The monoisotopic (exact) mass is 282 g/mol. The predicted octanol–water partition coefficient (Wildman–Crippen LogP) is 2.41. The fourth-order valence-corrected chi connectivity index (χ4v) is 1.79. The summed E-state index contributed by atoms with van der Waals surface area (Å²) in [4.78, 5) is 10.4. The third-order valence-electron chi connectivity index (χ3n) is 2.40. The fraction of sp³-hybridized carbons (Fsp3) is 0.273. The molecular formula is C11H11ClN4O3. The van der Waals surface area contributed by atoms with Crippen molar-refractivity contribution in [3.63, 3.8) is 0 Å². The minimum Gasteiger partial charge on any atom is -0.419 e. The van der Waals surface area contributed by atoms with Gasteiger partial charge in [-0.25, -0.2) is 0 Å². The number of aromatic nitrogens is 2. The van der Waals surface area contributed by atoms with Crippen LogP contribution in [0.3, 0.4) is 0 Å². The average Bonchev–Trinajstić information content (AvgIpc) is 2.84. The summed E-state index contributed by atoms with van der Waals surface area (Å²) >= 11 is 5.97. The number of nitrogens with one attached hydrogen (secondary N) is 1. The Kier molecular flexibility index (Phi) is 4.08. The zero-order chi connectivity index (χ0) is 13.8. The van der Waals surface area contributed by atoms with E-state index in [9.17, 15) is 10.1 Å². The second-order valence-corrected chi connectivity index (χ2v) is 4.08. The molecule has 0 spiro atoms. The zero-order valence-electron chi connectivity index (χ0n) is 10.1. The van der Waals surface area contributed by atoms with Gasteiger partial charge in [0.15, 0.2) is 0 Å². The van der Waals surface area contributed by atoms with Gasteiger partial charge >= 0.3 is 0 Å². The van der Waals surface area contributed by atoms with Gasteiger partial charge in [-0.05, 0) is 12.6 Å². The molecule has 0 atom stereocenters. The van der Waals surface area contributed by atoms with Crippen molar-refractivity contribution < 1.29 is 9.34 Å². The van der Waals surface area contributed by atoms with Crippen LogP contribution in [0.2, 0.25) is 5.02 Å². The number of rotatable bonds is 5. The normalized spacial score (nSPS) is 10.6. The summed E-state index contributed by atoms with van der Waals surface area (Å²) in [6, 6.07) is 4.38. The van der Waals surface area contributed by atoms with Crippen LogP contribution in [0.1, 0.15) is 12.8 Å². The van der Waals surface area contributed by atoms with Crippen molar-refractivity contribution >= 4 is 17.3 Å². The summed E-state index contributed by atoms with van der Waals surface area (Å²) in [7, 11) is 0. The molecule has 0 bridgehead atoms. The highest BCUT2D eigenvalue weighted by molar-refractivity contribution is 6.33. The molecule has 1 N–H and O–H groups in total. The second kappa shape index (κ2) is 5.77. The lowest BCUT2D eigenvalue weighted by molar-refractivity contribution is -0.384. The van der Waals surface area contributed by atoms with Crippen LogP contribution in [-0.2, 0) is 6.54 Å². The Morgan fingerprint density at radius 1 is 1.47 bits per heavy atom.